The minimum atomic E-state index is 0.490. The van der Waals surface area contributed by atoms with Gasteiger partial charge in [-0.1, -0.05) is 6.92 Å². The fourth-order valence-corrected chi connectivity index (χ4v) is 4.05. The molecule has 0 spiro atoms. The summed E-state index contributed by atoms with van der Waals surface area (Å²) in [5.41, 5.74) is 5.47. The first-order valence-electron chi connectivity index (χ1n) is 6.97. The number of piperidine rings is 1. The lowest BCUT2D eigenvalue weighted by molar-refractivity contribution is -0.0000920. The van der Waals surface area contributed by atoms with Crippen molar-refractivity contribution in [3.8, 4) is 0 Å². The Morgan fingerprint density at radius 1 is 1.35 bits per heavy atom. The van der Waals surface area contributed by atoms with Crippen molar-refractivity contribution in [2.45, 2.75) is 50.0 Å². The second-order valence-corrected chi connectivity index (χ2v) is 6.75. The summed E-state index contributed by atoms with van der Waals surface area (Å²) in [6.45, 7) is 6.40. The highest BCUT2D eigenvalue weighted by molar-refractivity contribution is 8.00. The third-order valence-electron chi connectivity index (χ3n) is 3.87. The van der Waals surface area contributed by atoms with E-state index in [1.807, 2.05) is 0 Å². The molecule has 2 aliphatic heterocycles. The molecule has 3 nitrogen and oxygen atoms in total. The van der Waals surface area contributed by atoms with E-state index in [0.29, 0.717) is 6.10 Å². The van der Waals surface area contributed by atoms with E-state index in [0.717, 1.165) is 30.9 Å². The predicted molar refractivity (Wildman–Crippen MR) is 74.5 cm³/mol. The molecule has 0 radical (unpaired) electrons. The Kier molecular flexibility index (Phi) is 5.60. The maximum atomic E-state index is 5.84. The number of thioether (sulfide) groups is 1. The molecule has 2 atom stereocenters. The Balaban J connectivity index is 1.64. The lowest BCUT2D eigenvalue weighted by atomic mass is 10.0. The van der Waals surface area contributed by atoms with Crippen LogP contribution in [0.3, 0.4) is 0 Å². The molecule has 2 aliphatic rings. The Morgan fingerprint density at radius 2 is 2.12 bits per heavy atom. The molecule has 0 aliphatic carbocycles. The maximum Gasteiger partial charge on any atom is 0.0599 e. The van der Waals surface area contributed by atoms with Crippen molar-refractivity contribution in [2.75, 3.05) is 32.0 Å². The summed E-state index contributed by atoms with van der Waals surface area (Å²) in [6, 6.07) is 0.833. The van der Waals surface area contributed by atoms with Gasteiger partial charge in [-0.2, -0.15) is 11.8 Å². The van der Waals surface area contributed by atoms with Gasteiger partial charge in [-0.05, 0) is 32.2 Å². The van der Waals surface area contributed by atoms with E-state index in [4.69, 9.17) is 10.5 Å². The molecule has 2 fully saturated rings. The van der Waals surface area contributed by atoms with Crippen LogP contribution in [0.15, 0.2) is 0 Å². The zero-order valence-corrected chi connectivity index (χ0v) is 11.8. The maximum absolute atomic E-state index is 5.84. The van der Waals surface area contributed by atoms with E-state index in [-0.39, 0.29) is 0 Å². The molecule has 4 heteroatoms. The minimum Gasteiger partial charge on any atom is -0.378 e. The monoisotopic (exact) mass is 258 g/mol. The van der Waals surface area contributed by atoms with Gasteiger partial charge in [0, 0.05) is 36.7 Å². The first-order chi connectivity index (χ1) is 8.29. The van der Waals surface area contributed by atoms with Crippen LogP contribution in [0, 0.1) is 0 Å². The third kappa shape index (κ3) is 4.12. The first kappa shape index (κ1) is 13.7. The Morgan fingerprint density at radius 3 is 2.71 bits per heavy atom. The summed E-state index contributed by atoms with van der Waals surface area (Å²) in [5.74, 6) is 1.33. The average Bonchev–Trinajstić information content (AvgIpc) is 2.77. The molecule has 0 aromatic rings. The van der Waals surface area contributed by atoms with E-state index in [9.17, 15) is 0 Å². The van der Waals surface area contributed by atoms with Gasteiger partial charge in [-0.25, -0.2) is 0 Å². The molecule has 0 amide bonds. The lowest BCUT2D eigenvalue weighted by Gasteiger charge is -2.35. The van der Waals surface area contributed by atoms with Crippen LogP contribution in [0.1, 0.15) is 32.6 Å². The minimum absolute atomic E-state index is 0.490. The zero-order chi connectivity index (χ0) is 12.1. The van der Waals surface area contributed by atoms with Gasteiger partial charge in [0.25, 0.3) is 0 Å². The van der Waals surface area contributed by atoms with Crippen molar-refractivity contribution in [3.05, 3.63) is 0 Å². The highest BCUT2D eigenvalue weighted by Gasteiger charge is 2.30. The number of hydrogen-bond donors (Lipinski definition) is 1. The number of nitrogens with zero attached hydrogens (tertiary/aromatic N) is 1. The fraction of sp³-hybridized carbons (Fsp3) is 1.00. The second-order valence-electron chi connectivity index (χ2n) is 5.28. The highest BCUT2D eigenvalue weighted by Crippen LogP contribution is 2.31. The largest absolute Gasteiger partial charge is 0.378 e. The van der Waals surface area contributed by atoms with Crippen LogP contribution in [0.5, 0.6) is 0 Å². The number of rotatable bonds is 5. The van der Waals surface area contributed by atoms with Crippen molar-refractivity contribution in [3.63, 3.8) is 0 Å². The molecule has 2 unspecified atom stereocenters. The van der Waals surface area contributed by atoms with Gasteiger partial charge >= 0.3 is 0 Å². The van der Waals surface area contributed by atoms with Gasteiger partial charge in [0.15, 0.2) is 0 Å². The standard InChI is InChI=1S/C13H26N2OS/c1-11-9-12(10-17-11)15-6-3-13(4-7-15)16-8-2-5-14/h11-13H,2-10,14H2,1H3. The van der Waals surface area contributed by atoms with Crippen molar-refractivity contribution in [1.82, 2.24) is 4.90 Å². The quantitative estimate of drug-likeness (QED) is 0.762. The van der Waals surface area contributed by atoms with Gasteiger partial charge in [0.1, 0.15) is 0 Å². The second kappa shape index (κ2) is 6.98. The van der Waals surface area contributed by atoms with Crippen LogP contribution in [0.4, 0.5) is 0 Å². The average molecular weight is 258 g/mol. The van der Waals surface area contributed by atoms with E-state index >= 15 is 0 Å². The summed E-state index contributed by atoms with van der Waals surface area (Å²) in [4.78, 5) is 2.68. The highest BCUT2D eigenvalue weighted by atomic mass is 32.2. The smallest absolute Gasteiger partial charge is 0.0599 e. The first-order valence-corrected chi connectivity index (χ1v) is 8.02. The van der Waals surface area contributed by atoms with Crippen LogP contribution in [0.2, 0.25) is 0 Å². The zero-order valence-electron chi connectivity index (χ0n) is 10.9. The van der Waals surface area contributed by atoms with Crippen molar-refractivity contribution in [2.24, 2.45) is 5.73 Å². The molecule has 2 N–H and O–H groups in total. The van der Waals surface area contributed by atoms with E-state index in [2.05, 4.69) is 23.6 Å². The molecule has 0 aromatic carbocycles. The van der Waals surface area contributed by atoms with Crippen molar-refractivity contribution < 1.29 is 4.74 Å². The normalized spacial score (nSPS) is 32.1. The van der Waals surface area contributed by atoms with Crippen LogP contribution < -0.4 is 5.73 Å². The number of likely N-dealkylation sites (tertiary alicyclic amines) is 1. The topological polar surface area (TPSA) is 38.5 Å². The summed E-state index contributed by atoms with van der Waals surface area (Å²) < 4.78 is 5.84. The van der Waals surface area contributed by atoms with E-state index < -0.39 is 0 Å². The van der Waals surface area contributed by atoms with Crippen LogP contribution in [0.25, 0.3) is 0 Å². The SMILES string of the molecule is CC1CC(N2CCC(OCCCN)CC2)CS1. The Hall–Kier alpha value is 0.230. The molecule has 0 bridgehead atoms. The number of nitrogens with two attached hydrogens (primary N) is 1. The molecule has 0 aromatic heterocycles. The van der Waals surface area contributed by atoms with Crippen LogP contribution in [-0.4, -0.2) is 54.3 Å². The molecule has 100 valence electrons. The molecule has 0 saturated carbocycles. The third-order valence-corrected chi connectivity index (χ3v) is 5.21. The van der Waals surface area contributed by atoms with Crippen LogP contribution in [-0.2, 0) is 4.74 Å². The molecule has 2 heterocycles. The Bertz CT molecular complexity index is 219. The molecule has 17 heavy (non-hydrogen) atoms. The Labute approximate surface area is 109 Å². The molecule has 2 rings (SSSR count). The van der Waals surface area contributed by atoms with Gasteiger partial charge in [0.2, 0.25) is 0 Å². The van der Waals surface area contributed by atoms with Crippen molar-refractivity contribution >= 4 is 11.8 Å². The van der Waals surface area contributed by atoms with Crippen molar-refractivity contribution in [1.29, 1.82) is 0 Å². The van der Waals surface area contributed by atoms with Gasteiger partial charge in [-0.15, -0.1) is 0 Å². The fourth-order valence-electron chi connectivity index (χ4n) is 2.79. The summed E-state index contributed by atoms with van der Waals surface area (Å²) >= 11 is 2.13. The van der Waals surface area contributed by atoms with Gasteiger partial charge in [0.05, 0.1) is 6.10 Å². The van der Waals surface area contributed by atoms with Crippen LogP contribution >= 0.6 is 11.8 Å². The molecular formula is C13H26N2OS. The van der Waals surface area contributed by atoms with E-state index in [1.54, 1.807) is 0 Å². The lowest BCUT2D eigenvalue weighted by Crippen LogP contribution is -2.43. The number of hydrogen-bond acceptors (Lipinski definition) is 4. The number of ether oxygens (including phenoxy) is 1. The van der Waals surface area contributed by atoms with Gasteiger partial charge in [-0.3, -0.25) is 4.90 Å². The van der Waals surface area contributed by atoms with E-state index in [1.165, 1.54) is 38.1 Å². The summed E-state index contributed by atoms with van der Waals surface area (Å²) in [5, 5.41) is 0.860. The summed E-state index contributed by atoms with van der Waals surface area (Å²) in [7, 11) is 0. The molecular weight excluding hydrogens is 232 g/mol. The predicted octanol–water partition coefficient (Wildman–Crippen LogP) is 1.71. The van der Waals surface area contributed by atoms with Gasteiger partial charge < -0.3 is 10.5 Å². The molecule has 2 saturated heterocycles. The summed E-state index contributed by atoms with van der Waals surface area (Å²) in [6.07, 6.45) is 5.28.